The predicted octanol–water partition coefficient (Wildman–Crippen LogP) is 4.02. The van der Waals surface area contributed by atoms with Crippen LogP contribution in [0.1, 0.15) is 20.7 Å². The van der Waals surface area contributed by atoms with Crippen LogP contribution in [0.25, 0.3) is 10.9 Å². The van der Waals surface area contributed by atoms with E-state index in [0.717, 1.165) is 0 Å². The molecule has 0 fully saturated rings. The number of anilines is 1. The van der Waals surface area contributed by atoms with Crippen LogP contribution in [0.15, 0.2) is 39.5 Å². The monoisotopic (exact) mass is 406 g/mol. The summed E-state index contributed by atoms with van der Waals surface area (Å²) in [5.74, 6) is -1.53. The summed E-state index contributed by atoms with van der Waals surface area (Å²) in [6.45, 7) is 0. The first-order valence-corrected chi connectivity index (χ1v) is 8.49. The van der Waals surface area contributed by atoms with Crippen molar-refractivity contribution in [2.45, 2.75) is 0 Å². The van der Waals surface area contributed by atoms with Crippen LogP contribution in [0.4, 0.5) is 5.69 Å². The third kappa shape index (κ3) is 2.98. The number of rotatable bonds is 4. The number of carboxylic acid groups (broad SMARTS) is 1. The van der Waals surface area contributed by atoms with Crippen LogP contribution in [-0.4, -0.2) is 29.1 Å². The summed E-state index contributed by atoms with van der Waals surface area (Å²) >= 11 is 4.83. The molecule has 0 radical (unpaired) electrons. The standard InChI is InChI=1S/C16H11BrN2O4S/c1-23-15-10(16(21)22)6-8-2-3-11(17)12(13(8)19-15)14(20)18-9-4-5-24-7-9/h2-7H,1H3,(H,18,20)(H,21,22). The Balaban J connectivity index is 2.17. The number of nitrogens with zero attached hydrogens (tertiary/aromatic N) is 1. The van der Waals surface area contributed by atoms with Gasteiger partial charge in [0.2, 0.25) is 5.88 Å². The summed E-state index contributed by atoms with van der Waals surface area (Å²) in [5, 5.41) is 16.2. The zero-order chi connectivity index (χ0) is 17.3. The SMILES string of the molecule is COc1nc2c(C(=O)Nc3ccsc3)c(Br)ccc2cc1C(=O)O. The molecule has 3 rings (SSSR count). The average Bonchev–Trinajstić information content (AvgIpc) is 3.06. The second-order valence-corrected chi connectivity index (χ2v) is 6.44. The van der Waals surface area contributed by atoms with Crippen molar-refractivity contribution < 1.29 is 19.4 Å². The second kappa shape index (κ2) is 6.58. The van der Waals surface area contributed by atoms with Crippen molar-refractivity contribution in [3.63, 3.8) is 0 Å². The van der Waals surface area contributed by atoms with E-state index in [4.69, 9.17) is 4.74 Å². The van der Waals surface area contributed by atoms with Gasteiger partial charge in [0.25, 0.3) is 5.91 Å². The molecule has 2 aromatic heterocycles. The number of fused-ring (bicyclic) bond motifs is 1. The number of aromatic nitrogens is 1. The maximum Gasteiger partial charge on any atom is 0.341 e. The van der Waals surface area contributed by atoms with E-state index in [2.05, 4.69) is 26.2 Å². The lowest BCUT2D eigenvalue weighted by Gasteiger charge is -2.11. The molecule has 1 amide bonds. The Morgan fingerprint density at radius 1 is 1.33 bits per heavy atom. The molecule has 24 heavy (non-hydrogen) atoms. The Hall–Kier alpha value is -2.45. The van der Waals surface area contributed by atoms with Crippen molar-refractivity contribution in [2.24, 2.45) is 0 Å². The smallest absolute Gasteiger partial charge is 0.341 e. The molecule has 0 saturated heterocycles. The van der Waals surface area contributed by atoms with E-state index >= 15 is 0 Å². The molecule has 0 aliphatic rings. The molecule has 8 heteroatoms. The Labute approximate surface area is 149 Å². The van der Waals surface area contributed by atoms with Crippen LogP contribution in [-0.2, 0) is 0 Å². The number of benzene rings is 1. The number of thiophene rings is 1. The van der Waals surface area contributed by atoms with Crippen molar-refractivity contribution in [3.8, 4) is 5.88 Å². The summed E-state index contributed by atoms with van der Waals surface area (Å²) in [4.78, 5) is 28.2. The summed E-state index contributed by atoms with van der Waals surface area (Å²) < 4.78 is 5.61. The van der Waals surface area contributed by atoms with Crippen LogP contribution < -0.4 is 10.1 Å². The molecule has 0 atom stereocenters. The zero-order valence-corrected chi connectivity index (χ0v) is 14.8. The van der Waals surface area contributed by atoms with Gasteiger partial charge in [0.15, 0.2) is 0 Å². The van der Waals surface area contributed by atoms with E-state index in [1.54, 1.807) is 18.2 Å². The first-order valence-electron chi connectivity index (χ1n) is 6.75. The predicted molar refractivity (Wildman–Crippen MR) is 95.2 cm³/mol. The molecule has 122 valence electrons. The van der Waals surface area contributed by atoms with Gasteiger partial charge in [0.1, 0.15) is 5.56 Å². The van der Waals surface area contributed by atoms with Gasteiger partial charge in [-0.2, -0.15) is 11.3 Å². The topological polar surface area (TPSA) is 88.5 Å². The van der Waals surface area contributed by atoms with Gasteiger partial charge < -0.3 is 15.2 Å². The van der Waals surface area contributed by atoms with E-state index in [0.29, 0.717) is 26.6 Å². The molecule has 0 spiro atoms. The molecule has 0 unspecified atom stereocenters. The number of pyridine rings is 1. The fraction of sp³-hybridized carbons (Fsp3) is 0.0625. The highest BCUT2D eigenvalue weighted by atomic mass is 79.9. The van der Waals surface area contributed by atoms with E-state index in [9.17, 15) is 14.7 Å². The first-order chi connectivity index (χ1) is 11.5. The summed E-state index contributed by atoms with van der Waals surface area (Å²) in [7, 11) is 1.34. The van der Waals surface area contributed by atoms with Crippen molar-refractivity contribution in [1.82, 2.24) is 4.98 Å². The third-order valence-electron chi connectivity index (χ3n) is 3.33. The molecular formula is C16H11BrN2O4S. The van der Waals surface area contributed by atoms with E-state index in [1.807, 2.05) is 10.8 Å². The Morgan fingerprint density at radius 3 is 2.75 bits per heavy atom. The largest absolute Gasteiger partial charge is 0.480 e. The molecule has 0 aliphatic heterocycles. The van der Waals surface area contributed by atoms with E-state index in [1.165, 1.54) is 24.5 Å². The minimum Gasteiger partial charge on any atom is -0.480 e. The highest BCUT2D eigenvalue weighted by Crippen LogP contribution is 2.30. The number of aromatic carboxylic acids is 1. The van der Waals surface area contributed by atoms with Crippen molar-refractivity contribution in [1.29, 1.82) is 0 Å². The maximum absolute atomic E-state index is 12.6. The van der Waals surface area contributed by atoms with Crippen LogP contribution in [0.3, 0.4) is 0 Å². The first kappa shape index (κ1) is 16.4. The zero-order valence-electron chi connectivity index (χ0n) is 12.4. The van der Waals surface area contributed by atoms with Gasteiger partial charge in [-0.3, -0.25) is 4.79 Å². The summed E-state index contributed by atoms with van der Waals surface area (Å²) in [6, 6.07) is 6.61. The summed E-state index contributed by atoms with van der Waals surface area (Å²) in [6.07, 6.45) is 0. The van der Waals surface area contributed by atoms with Crippen molar-refractivity contribution >= 4 is 55.7 Å². The van der Waals surface area contributed by atoms with Crippen LogP contribution in [0.5, 0.6) is 5.88 Å². The fourth-order valence-electron chi connectivity index (χ4n) is 2.25. The Morgan fingerprint density at radius 2 is 2.12 bits per heavy atom. The van der Waals surface area contributed by atoms with Crippen LogP contribution >= 0.6 is 27.3 Å². The van der Waals surface area contributed by atoms with Gasteiger partial charge >= 0.3 is 5.97 Å². The molecule has 0 bridgehead atoms. The van der Waals surface area contributed by atoms with Crippen molar-refractivity contribution in [2.75, 3.05) is 12.4 Å². The van der Waals surface area contributed by atoms with Crippen LogP contribution in [0.2, 0.25) is 0 Å². The van der Waals surface area contributed by atoms with Gasteiger partial charge in [-0.1, -0.05) is 6.07 Å². The second-order valence-electron chi connectivity index (χ2n) is 4.81. The maximum atomic E-state index is 12.6. The molecule has 0 saturated carbocycles. The lowest BCUT2D eigenvalue weighted by Crippen LogP contribution is -2.14. The molecular weight excluding hydrogens is 396 g/mol. The number of hydrogen-bond acceptors (Lipinski definition) is 5. The Bertz CT molecular complexity index is 941. The minimum atomic E-state index is -1.14. The van der Waals surface area contributed by atoms with Gasteiger partial charge in [-0.05, 0) is 39.5 Å². The number of hydrogen-bond donors (Lipinski definition) is 2. The quantitative estimate of drug-likeness (QED) is 0.682. The number of methoxy groups -OCH3 is 1. The molecule has 1 aromatic carbocycles. The number of ether oxygens (including phenoxy) is 1. The number of carbonyl (C=O) groups excluding carboxylic acids is 1. The molecule has 6 nitrogen and oxygen atoms in total. The lowest BCUT2D eigenvalue weighted by molar-refractivity contribution is 0.0692. The van der Waals surface area contributed by atoms with Gasteiger partial charge in [0, 0.05) is 15.2 Å². The molecule has 2 heterocycles. The summed E-state index contributed by atoms with van der Waals surface area (Å²) in [5.41, 5.74) is 1.30. The normalized spacial score (nSPS) is 10.6. The average molecular weight is 407 g/mol. The van der Waals surface area contributed by atoms with E-state index < -0.39 is 5.97 Å². The van der Waals surface area contributed by atoms with E-state index in [-0.39, 0.29) is 17.4 Å². The lowest BCUT2D eigenvalue weighted by atomic mass is 10.1. The number of nitrogens with one attached hydrogen (secondary N) is 1. The Kier molecular flexibility index (Phi) is 4.50. The number of amides is 1. The highest BCUT2D eigenvalue weighted by molar-refractivity contribution is 9.10. The van der Waals surface area contributed by atoms with Gasteiger partial charge in [-0.25, -0.2) is 9.78 Å². The minimum absolute atomic E-state index is 0.0438. The number of carbonyl (C=O) groups is 2. The van der Waals surface area contributed by atoms with Crippen molar-refractivity contribution in [3.05, 3.63) is 50.6 Å². The van der Waals surface area contributed by atoms with Gasteiger partial charge in [0.05, 0.1) is 23.9 Å². The molecule has 0 aliphatic carbocycles. The van der Waals surface area contributed by atoms with Crippen LogP contribution in [0, 0.1) is 0 Å². The fourth-order valence-corrected chi connectivity index (χ4v) is 3.34. The number of carboxylic acids is 1. The van der Waals surface area contributed by atoms with Gasteiger partial charge in [-0.15, -0.1) is 0 Å². The molecule has 2 N–H and O–H groups in total. The third-order valence-corrected chi connectivity index (χ3v) is 4.68. The molecule has 3 aromatic rings. The number of halogens is 1. The highest BCUT2D eigenvalue weighted by Gasteiger charge is 2.20.